The second-order valence-electron chi connectivity index (χ2n) is 7.28. The number of anilines is 1. The summed E-state index contributed by atoms with van der Waals surface area (Å²) >= 11 is 7.42. The molecule has 10 heteroatoms. The van der Waals surface area contributed by atoms with E-state index < -0.39 is 10.0 Å². The maximum Gasteiger partial charge on any atom is 0.242 e. The zero-order valence-electron chi connectivity index (χ0n) is 17.8. The number of rotatable bonds is 8. The number of carbonyl (C=O) groups is 1. The Hall–Kier alpha value is -2.07. The van der Waals surface area contributed by atoms with Gasteiger partial charge in [-0.25, -0.2) is 17.7 Å². The quantitative estimate of drug-likeness (QED) is 0.483. The molecule has 0 aliphatic carbocycles. The van der Waals surface area contributed by atoms with Crippen molar-refractivity contribution in [2.45, 2.75) is 36.9 Å². The van der Waals surface area contributed by atoms with Gasteiger partial charge < -0.3 is 9.88 Å². The molecule has 1 amide bonds. The van der Waals surface area contributed by atoms with E-state index in [1.165, 1.54) is 38.0 Å². The van der Waals surface area contributed by atoms with Crippen LogP contribution in [0.25, 0.3) is 11.0 Å². The third-order valence-electron chi connectivity index (χ3n) is 4.72. The number of imidazole rings is 1. The number of aromatic nitrogens is 2. The topological polar surface area (TPSA) is 84.3 Å². The Bertz CT molecular complexity index is 1220. The van der Waals surface area contributed by atoms with E-state index in [2.05, 4.69) is 21.8 Å². The minimum Gasteiger partial charge on any atom is -0.325 e. The Morgan fingerprint density at radius 3 is 2.65 bits per heavy atom. The van der Waals surface area contributed by atoms with E-state index >= 15 is 0 Å². The Labute approximate surface area is 191 Å². The number of halogens is 1. The molecule has 2 aromatic carbocycles. The van der Waals surface area contributed by atoms with Crippen molar-refractivity contribution in [3.05, 3.63) is 47.0 Å². The van der Waals surface area contributed by atoms with Gasteiger partial charge in [0.25, 0.3) is 0 Å². The number of aryl methyl sites for hydroxylation is 2. The van der Waals surface area contributed by atoms with Crippen LogP contribution in [0.4, 0.5) is 5.69 Å². The number of thioether (sulfide) groups is 1. The molecule has 0 saturated heterocycles. The summed E-state index contributed by atoms with van der Waals surface area (Å²) in [6.07, 6.45) is 0.931. The van der Waals surface area contributed by atoms with E-state index in [0.717, 1.165) is 39.0 Å². The molecule has 0 bridgehead atoms. The number of sulfonamides is 1. The summed E-state index contributed by atoms with van der Waals surface area (Å²) in [4.78, 5) is 17.4. The molecule has 1 heterocycles. The van der Waals surface area contributed by atoms with Gasteiger partial charge in [-0.15, -0.1) is 0 Å². The summed E-state index contributed by atoms with van der Waals surface area (Å²) in [5.41, 5.74) is 3.03. The second-order valence-corrected chi connectivity index (χ2v) is 10.8. The van der Waals surface area contributed by atoms with E-state index in [9.17, 15) is 13.2 Å². The summed E-state index contributed by atoms with van der Waals surface area (Å²) < 4.78 is 28.0. The summed E-state index contributed by atoms with van der Waals surface area (Å²) in [6.45, 7) is 4.69. The fraction of sp³-hybridized carbons (Fsp3) is 0.333. The van der Waals surface area contributed by atoms with Crippen LogP contribution in [0.3, 0.4) is 0 Å². The molecule has 31 heavy (non-hydrogen) atoms. The number of carbonyl (C=O) groups excluding carboxylic acids is 1. The summed E-state index contributed by atoms with van der Waals surface area (Å²) in [5, 5.41) is 4.19. The molecule has 1 N–H and O–H groups in total. The average Bonchev–Trinajstić information content (AvgIpc) is 3.04. The van der Waals surface area contributed by atoms with E-state index in [4.69, 9.17) is 11.6 Å². The fourth-order valence-corrected chi connectivity index (χ4v) is 4.99. The highest BCUT2D eigenvalue weighted by molar-refractivity contribution is 7.99. The molecule has 7 nitrogen and oxygen atoms in total. The zero-order valence-corrected chi connectivity index (χ0v) is 20.2. The van der Waals surface area contributed by atoms with Crippen molar-refractivity contribution in [1.82, 2.24) is 13.9 Å². The van der Waals surface area contributed by atoms with Gasteiger partial charge in [0.1, 0.15) is 0 Å². The van der Waals surface area contributed by atoms with E-state index in [1.54, 1.807) is 6.07 Å². The van der Waals surface area contributed by atoms with Gasteiger partial charge in [0.2, 0.25) is 15.9 Å². The normalized spacial score (nSPS) is 11.9. The van der Waals surface area contributed by atoms with E-state index in [1.807, 2.05) is 25.1 Å². The highest BCUT2D eigenvalue weighted by Crippen LogP contribution is 2.27. The van der Waals surface area contributed by atoms with Crippen LogP contribution >= 0.6 is 23.4 Å². The molecule has 0 aliphatic heterocycles. The molecule has 0 saturated carbocycles. The summed E-state index contributed by atoms with van der Waals surface area (Å²) in [6, 6.07) is 10.3. The van der Waals surface area contributed by atoms with Gasteiger partial charge in [-0.1, -0.05) is 36.4 Å². The van der Waals surface area contributed by atoms with Crippen LogP contribution in [-0.4, -0.2) is 48.0 Å². The highest BCUT2D eigenvalue weighted by atomic mass is 35.5. The number of hydrogen-bond donors (Lipinski definition) is 1. The number of hydrogen-bond acceptors (Lipinski definition) is 5. The van der Waals surface area contributed by atoms with Gasteiger partial charge in [0.05, 0.1) is 21.7 Å². The van der Waals surface area contributed by atoms with Crippen LogP contribution < -0.4 is 5.32 Å². The van der Waals surface area contributed by atoms with Gasteiger partial charge in [-0.05, 0) is 49.2 Å². The third kappa shape index (κ3) is 5.23. The highest BCUT2D eigenvalue weighted by Gasteiger charge is 2.19. The van der Waals surface area contributed by atoms with Crippen LogP contribution in [0.15, 0.2) is 46.5 Å². The van der Waals surface area contributed by atoms with Crippen molar-refractivity contribution in [2.24, 2.45) is 0 Å². The molecular weight excluding hydrogens is 456 g/mol. The first kappa shape index (κ1) is 23.6. The van der Waals surface area contributed by atoms with Gasteiger partial charge >= 0.3 is 0 Å². The van der Waals surface area contributed by atoms with Crippen molar-refractivity contribution in [3.63, 3.8) is 0 Å². The number of amides is 1. The Morgan fingerprint density at radius 1 is 1.23 bits per heavy atom. The smallest absolute Gasteiger partial charge is 0.242 e. The SMILES string of the molecule is CCCn1c(SCC(=O)Nc2cc(S(=O)(=O)N(C)C)ccc2C)nc2cc(Cl)ccc21. The van der Waals surface area contributed by atoms with Crippen LogP contribution in [-0.2, 0) is 21.4 Å². The van der Waals surface area contributed by atoms with Crippen molar-refractivity contribution in [2.75, 3.05) is 25.2 Å². The lowest BCUT2D eigenvalue weighted by Crippen LogP contribution is -2.22. The maximum absolute atomic E-state index is 12.6. The van der Waals surface area contributed by atoms with Gasteiger partial charge in [-0.2, -0.15) is 0 Å². The third-order valence-corrected chi connectivity index (χ3v) is 7.74. The lowest BCUT2D eigenvalue weighted by Gasteiger charge is -2.14. The second kappa shape index (κ2) is 9.60. The minimum atomic E-state index is -3.58. The molecule has 0 radical (unpaired) electrons. The first-order chi connectivity index (χ1) is 14.6. The van der Waals surface area contributed by atoms with Gasteiger partial charge in [0.15, 0.2) is 5.16 Å². The van der Waals surface area contributed by atoms with Crippen LogP contribution in [0.1, 0.15) is 18.9 Å². The molecule has 0 aliphatic rings. The predicted octanol–water partition coefficient (Wildman–Crippen LogP) is 4.39. The zero-order chi connectivity index (χ0) is 22.8. The fourth-order valence-electron chi connectivity index (χ4n) is 3.05. The van der Waals surface area contributed by atoms with Crippen LogP contribution in [0, 0.1) is 6.92 Å². The number of nitrogens with one attached hydrogen (secondary N) is 1. The largest absolute Gasteiger partial charge is 0.325 e. The maximum atomic E-state index is 12.6. The molecule has 0 unspecified atom stereocenters. The standard InChI is InChI=1S/C21H25ClN4O3S2/c1-5-10-26-19-9-7-15(22)11-18(19)24-21(26)30-13-20(27)23-17-12-16(8-6-14(17)2)31(28,29)25(3)4/h6-9,11-12H,5,10,13H2,1-4H3,(H,23,27). The Kier molecular flexibility index (Phi) is 7.31. The van der Waals surface area contributed by atoms with Gasteiger partial charge in [-0.3, -0.25) is 4.79 Å². The molecule has 0 atom stereocenters. The lowest BCUT2D eigenvalue weighted by molar-refractivity contribution is -0.113. The number of benzene rings is 2. The average molecular weight is 481 g/mol. The monoisotopic (exact) mass is 480 g/mol. The summed E-state index contributed by atoms with van der Waals surface area (Å²) in [7, 11) is -0.641. The summed E-state index contributed by atoms with van der Waals surface area (Å²) in [5.74, 6) is -0.0918. The molecular formula is C21H25ClN4O3S2. The van der Waals surface area contributed by atoms with Gasteiger partial charge in [0, 0.05) is 31.4 Å². The van der Waals surface area contributed by atoms with Crippen molar-refractivity contribution >= 4 is 56.0 Å². The molecule has 166 valence electrons. The van der Waals surface area contributed by atoms with Crippen LogP contribution in [0.5, 0.6) is 0 Å². The van der Waals surface area contributed by atoms with Crippen LogP contribution in [0.2, 0.25) is 5.02 Å². The molecule has 1 aromatic heterocycles. The number of fused-ring (bicyclic) bond motifs is 1. The molecule has 0 spiro atoms. The predicted molar refractivity (Wildman–Crippen MR) is 126 cm³/mol. The molecule has 3 rings (SSSR count). The van der Waals surface area contributed by atoms with Crippen molar-refractivity contribution < 1.29 is 13.2 Å². The van der Waals surface area contributed by atoms with Crippen molar-refractivity contribution in [1.29, 1.82) is 0 Å². The Balaban J connectivity index is 1.77. The van der Waals surface area contributed by atoms with Crippen molar-refractivity contribution in [3.8, 4) is 0 Å². The lowest BCUT2D eigenvalue weighted by atomic mass is 10.2. The minimum absolute atomic E-state index is 0.132. The number of nitrogens with zero attached hydrogens (tertiary/aromatic N) is 3. The Morgan fingerprint density at radius 2 is 1.97 bits per heavy atom. The first-order valence-electron chi connectivity index (χ1n) is 9.75. The first-order valence-corrected chi connectivity index (χ1v) is 12.6. The molecule has 0 fully saturated rings. The molecule has 3 aromatic rings. The van der Waals surface area contributed by atoms with E-state index in [0.29, 0.717) is 10.7 Å². The van der Waals surface area contributed by atoms with E-state index in [-0.39, 0.29) is 16.6 Å².